The van der Waals surface area contributed by atoms with Crippen molar-refractivity contribution in [2.24, 2.45) is 0 Å². The van der Waals surface area contributed by atoms with Crippen molar-refractivity contribution >= 4 is 11.7 Å². The van der Waals surface area contributed by atoms with Crippen LogP contribution in [0.3, 0.4) is 0 Å². The van der Waals surface area contributed by atoms with Gasteiger partial charge in [-0.1, -0.05) is 19.4 Å². The first-order valence-electron chi connectivity index (χ1n) is 7.93. The van der Waals surface area contributed by atoms with Crippen LogP contribution in [0.1, 0.15) is 38.3 Å². The summed E-state index contributed by atoms with van der Waals surface area (Å²) in [6.45, 7) is 3.84. The first-order valence-corrected chi connectivity index (χ1v) is 7.93. The third kappa shape index (κ3) is 3.09. The van der Waals surface area contributed by atoms with Crippen molar-refractivity contribution in [1.29, 1.82) is 0 Å². The highest BCUT2D eigenvalue weighted by atomic mass is 16.5. The Labute approximate surface area is 141 Å². The Morgan fingerprint density at radius 3 is 2.46 bits per heavy atom. The van der Waals surface area contributed by atoms with Crippen LogP contribution in [-0.4, -0.2) is 42.5 Å². The van der Waals surface area contributed by atoms with Crippen LogP contribution in [0.2, 0.25) is 0 Å². The van der Waals surface area contributed by atoms with Gasteiger partial charge in [-0.2, -0.15) is 0 Å². The van der Waals surface area contributed by atoms with Crippen molar-refractivity contribution < 1.29 is 24.2 Å². The van der Waals surface area contributed by atoms with Gasteiger partial charge in [0.15, 0.2) is 23.0 Å². The summed E-state index contributed by atoms with van der Waals surface area (Å²) in [5, 5.41) is 10.2. The predicted octanol–water partition coefficient (Wildman–Crippen LogP) is 2.79. The molecule has 2 rings (SSSR count). The molecule has 0 saturated heterocycles. The molecule has 0 fully saturated rings. The van der Waals surface area contributed by atoms with Crippen LogP contribution >= 0.6 is 0 Å². The SMILES string of the molecule is CCCCN1C(=O)C(O)=C(C(C)=O)[C@@H]1c1ccc(OC)c(OC)c1. The summed E-state index contributed by atoms with van der Waals surface area (Å²) >= 11 is 0. The Balaban J connectivity index is 2.52. The van der Waals surface area contributed by atoms with Crippen molar-refractivity contribution in [3.63, 3.8) is 0 Å². The van der Waals surface area contributed by atoms with Crippen LogP contribution < -0.4 is 9.47 Å². The van der Waals surface area contributed by atoms with Crippen LogP contribution in [0, 0.1) is 0 Å². The fourth-order valence-electron chi connectivity index (χ4n) is 2.94. The number of aliphatic hydroxyl groups is 1. The minimum Gasteiger partial charge on any atom is -0.503 e. The molecule has 0 aromatic heterocycles. The van der Waals surface area contributed by atoms with Gasteiger partial charge in [0.2, 0.25) is 0 Å². The smallest absolute Gasteiger partial charge is 0.290 e. The zero-order valence-corrected chi connectivity index (χ0v) is 14.5. The number of amides is 1. The molecule has 1 aromatic rings. The number of methoxy groups -OCH3 is 2. The molecule has 1 heterocycles. The molecule has 6 nitrogen and oxygen atoms in total. The largest absolute Gasteiger partial charge is 0.503 e. The van der Waals surface area contributed by atoms with E-state index in [-0.39, 0.29) is 11.4 Å². The number of hydrogen-bond donors (Lipinski definition) is 1. The standard InChI is InChI=1S/C18H23NO5/c1-5-6-9-19-16(15(11(2)20)17(21)18(19)22)12-7-8-13(23-3)14(10-12)24-4/h7-8,10,16,21H,5-6,9H2,1-4H3/t16-/m0/s1. The van der Waals surface area contributed by atoms with Crippen LogP contribution in [0.5, 0.6) is 11.5 Å². The topological polar surface area (TPSA) is 76.1 Å². The monoisotopic (exact) mass is 333 g/mol. The van der Waals surface area contributed by atoms with Crippen molar-refractivity contribution in [3.05, 3.63) is 35.1 Å². The maximum atomic E-state index is 12.4. The van der Waals surface area contributed by atoms with Gasteiger partial charge in [-0.25, -0.2) is 0 Å². The molecule has 1 aliphatic rings. The van der Waals surface area contributed by atoms with Gasteiger partial charge in [0, 0.05) is 6.54 Å². The minimum absolute atomic E-state index is 0.128. The van der Waals surface area contributed by atoms with Gasteiger partial charge in [0.05, 0.1) is 25.8 Å². The number of rotatable bonds is 7. The Morgan fingerprint density at radius 2 is 1.92 bits per heavy atom. The molecular formula is C18H23NO5. The lowest BCUT2D eigenvalue weighted by molar-refractivity contribution is -0.129. The molecule has 130 valence electrons. The number of benzene rings is 1. The second kappa shape index (κ2) is 7.38. The van der Waals surface area contributed by atoms with E-state index < -0.39 is 17.7 Å². The van der Waals surface area contributed by atoms with Gasteiger partial charge in [0.25, 0.3) is 5.91 Å². The second-order valence-corrected chi connectivity index (χ2v) is 5.69. The van der Waals surface area contributed by atoms with Crippen LogP contribution in [-0.2, 0) is 9.59 Å². The van der Waals surface area contributed by atoms with E-state index in [1.54, 1.807) is 18.2 Å². The Kier molecular flexibility index (Phi) is 5.49. The van der Waals surface area contributed by atoms with Crippen LogP contribution in [0.4, 0.5) is 0 Å². The van der Waals surface area contributed by atoms with Crippen molar-refractivity contribution in [3.8, 4) is 11.5 Å². The van der Waals surface area contributed by atoms with Crippen LogP contribution in [0.25, 0.3) is 0 Å². The predicted molar refractivity (Wildman–Crippen MR) is 89.2 cm³/mol. The first kappa shape index (κ1) is 17.8. The molecule has 6 heteroatoms. The van der Waals surface area contributed by atoms with Gasteiger partial charge in [-0.3, -0.25) is 9.59 Å². The maximum absolute atomic E-state index is 12.4. The molecule has 0 bridgehead atoms. The number of unbranched alkanes of at least 4 members (excludes halogenated alkanes) is 1. The summed E-state index contributed by atoms with van der Waals surface area (Å²) in [7, 11) is 3.06. The molecule has 0 spiro atoms. The fourth-order valence-corrected chi connectivity index (χ4v) is 2.94. The first-order chi connectivity index (χ1) is 11.5. The van der Waals surface area contributed by atoms with E-state index in [0.717, 1.165) is 12.8 Å². The summed E-state index contributed by atoms with van der Waals surface area (Å²) in [5.74, 6) is -0.220. The van der Waals surface area contributed by atoms with E-state index >= 15 is 0 Å². The van der Waals surface area contributed by atoms with E-state index in [2.05, 4.69) is 0 Å². The van der Waals surface area contributed by atoms with E-state index in [1.165, 1.54) is 26.0 Å². The van der Waals surface area contributed by atoms with E-state index in [0.29, 0.717) is 23.6 Å². The average molecular weight is 333 g/mol. The summed E-state index contributed by atoms with van der Waals surface area (Å²) in [6, 6.07) is 4.63. The lowest BCUT2D eigenvalue weighted by atomic mass is 9.96. The van der Waals surface area contributed by atoms with Crippen molar-refractivity contribution in [1.82, 2.24) is 4.90 Å². The van der Waals surface area contributed by atoms with Crippen molar-refractivity contribution in [2.75, 3.05) is 20.8 Å². The summed E-state index contributed by atoms with van der Waals surface area (Å²) in [4.78, 5) is 26.0. The second-order valence-electron chi connectivity index (χ2n) is 5.69. The number of Topliss-reactive ketones (excluding diaryl/α,β-unsaturated/α-hetero) is 1. The van der Waals surface area contributed by atoms with E-state index in [4.69, 9.17) is 9.47 Å². The molecule has 0 unspecified atom stereocenters. The molecule has 0 aliphatic carbocycles. The number of carbonyl (C=O) groups is 2. The van der Waals surface area contributed by atoms with Gasteiger partial charge >= 0.3 is 0 Å². The van der Waals surface area contributed by atoms with E-state index in [1.807, 2.05) is 6.92 Å². The zero-order chi connectivity index (χ0) is 17.9. The Bertz CT molecular complexity index is 680. The summed E-state index contributed by atoms with van der Waals surface area (Å²) in [6.07, 6.45) is 1.69. The number of nitrogens with zero attached hydrogens (tertiary/aromatic N) is 1. The Hall–Kier alpha value is -2.50. The third-order valence-corrected chi connectivity index (χ3v) is 4.16. The number of ether oxygens (including phenoxy) is 2. The summed E-state index contributed by atoms with van der Waals surface area (Å²) < 4.78 is 10.5. The highest BCUT2D eigenvalue weighted by Gasteiger charge is 2.42. The highest BCUT2D eigenvalue weighted by molar-refractivity contribution is 6.08. The molecule has 1 atom stereocenters. The van der Waals surface area contributed by atoms with Crippen molar-refractivity contribution in [2.45, 2.75) is 32.7 Å². The Morgan fingerprint density at radius 1 is 1.25 bits per heavy atom. The summed E-state index contributed by atoms with van der Waals surface area (Å²) in [5.41, 5.74) is 0.828. The number of ketones is 1. The molecule has 1 aromatic carbocycles. The molecule has 1 amide bonds. The molecule has 0 saturated carbocycles. The molecule has 1 aliphatic heterocycles. The highest BCUT2D eigenvalue weighted by Crippen LogP contribution is 2.40. The van der Waals surface area contributed by atoms with E-state index in [9.17, 15) is 14.7 Å². The number of hydrogen-bond acceptors (Lipinski definition) is 5. The maximum Gasteiger partial charge on any atom is 0.290 e. The lowest BCUT2D eigenvalue weighted by Gasteiger charge is -2.27. The number of aliphatic hydroxyl groups excluding tert-OH is 1. The van der Waals surface area contributed by atoms with Gasteiger partial charge in [0.1, 0.15) is 0 Å². The molecule has 1 N–H and O–H groups in total. The normalized spacial score (nSPS) is 17.4. The quantitative estimate of drug-likeness (QED) is 0.830. The number of carbonyl (C=O) groups excluding carboxylic acids is 2. The van der Waals surface area contributed by atoms with Gasteiger partial charge in [-0.15, -0.1) is 0 Å². The minimum atomic E-state index is -0.610. The van der Waals surface area contributed by atoms with Gasteiger partial charge < -0.3 is 19.5 Å². The van der Waals surface area contributed by atoms with Crippen LogP contribution in [0.15, 0.2) is 29.5 Å². The van der Waals surface area contributed by atoms with Gasteiger partial charge in [-0.05, 0) is 31.0 Å². The zero-order valence-electron chi connectivity index (χ0n) is 14.5. The third-order valence-electron chi connectivity index (χ3n) is 4.16. The molecule has 0 radical (unpaired) electrons. The fraction of sp³-hybridized carbons (Fsp3) is 0.444. The lowest BCUT2D eigenvalue weighted by Crippen LogP contribution is -2.31. The molecule has 24 heavy (non-hydrogen) atoms. The molecular weight excluding hydrogens is 310 g/mol. The average Bonchev–Trinajstić information content (AvgIpc) is 2.83.